The van der Waals surface area contributed by atoms with Crippen LogP contribution in [0.1, 0.15) is 49.7 Å². The van der Waals surface area contributed by atoms with Gasteiger partial charge in [-0.2, -0.15) is 10.2 Å². The van der Waals surface area contributed by atoms with Gasteiger partial charge in [-0.25, -0.2) is 0 Å². The van der Waals surface area contributed by atoms with Crippen molar-refractivity contribution in [3.05, 3.63) is 35.4 Å². The quantitative estimate of drug-likeness (QED) is 0.0182. The number of ether oxygens (including phenoxy) is 3. The molecular weight excluding hydrogens is 929 g/mol. The van der Waals surface area contributed by atoms with Crippen LogP contribution < -0.4 is 16.2 Å². The number of nitrogens with zero attached hydrogens (tertiary/aromatic N) is 9. The SMILES string of the molecule is COCCCCN1CCN(C(=O)CCCN2C(=O)CC(SC(C/C=N/NCN/N=C/c3ccc(C)cc3)CNC(=O)CN3CCN(COC=O)CCN(COC=O)CCN(CC(=O)O)CC3)C2=O)CC1. The molecule has 23 nitrogen and oxygen atoms in total. The summed E-state index contributed by atoms with van der Waals surface area (Å²) >= 11 is 1.30. The largest absolute Gasteiger partial charge is 0.480 e. The number of nitrogens with one attached hydrogen (secondary N) is 3. The van der Waals surface area contributed by atoms with Gasteiger partial charge in [0.05, 0.1) is 24.6 Å². The minimum absolute atomic E-state index is 0.000651. The molecule has 0 saturated carbocycles. The summed E-state index contributed by atoms with van der Waals surface area (Å²) in [5.74, 6) is -1.90. The van der Waals surface area contributed by atoms with Gasteiger partial charge in [-0.1, -0.05) is 29.8 Å². The second kappa shape index (κ2) is 33.4. The number of carboxylic acids is 1. The summed E-state index contributed by atoms with van der Waals surface area (Å²) in [6.45, 7) is 10.8. The number of methoxy groups -OCH3 is 1. The van der Waals surface area contributed by atoms with E-state index in [4.69, 9.17) is 14.2 Å². The van der Waals surface area contributed by atoms with Gasteiger partial charge in [0, 0.05) is 130 Å². The van der Waals surface area contributed by atoms with Crippen molar-refractivity contribution in [2.75, 3.05) is 145 Å². The predicted molar refractivity (Wildman–Crippen MR) is 264 cm³/mol. The number of hydrogen-bond donors (Lipinski definition) is 4. The molecule has 4 rings (SSSR count). The van der Waals surface area contributed by atoms with Crippen molar-refractivity contribution in [2.24, 2.45) is 10.2 Å². The molecule has 24 heteroatoms. The van der Waals surface area contributed by atoms with Gasteiger partial charge in [0.15, 0.2) is 0 Å². The number of aryl methyl sites for hydroxylation is 1. The summed E-state index contributed by atoms with van der Waals surface area (Å²) in [5.41, 5.74) is 7.87. The van der Waals surface area contributed by atoms with E-state index in [0.717, 1.165) is 50.2 Å². The van der Waals surface area contributed by atoms with E-state index in [0.29, 0.717) is 91.2 Å². The molecule has 0 bridgehead atoms. The molecule has 4 N–H and O–H groups in total. The molecule has 390 valence electrons. The van der Waals surface area contributed by atoms with Crippen molar-refractivity contribution in [3.63, 3.8) is 0 Å². The summed E-state index contributed by atoms with van der Waals surface area (Å²) in [6.07, 6.45) is 6.34. The van der Waals surface area contributed by atoms with Gasteiger partial charge in [0.1, 0.15) is 20.1 Å². The molecule has 1 aromatic carbocycles. The van der Waals surface area contributed by atoms with Gasteiger partial charge in [-0.3, -0.25) is 73.8 Å². The van der Waals surface area contributed by atoms with Crippen molar-refractivity contribution in [3.8, 4) is 0 Å². The smallest absolute Gasteiger partial charge is 0.317 e. The van der Waals surface area contributed by atoms with Crippen LogP contribution in [0.4, 0.5) is 0 Å². The summed E-state index contributed by atoms with van der Waals surface area (Å²) in [7, 11) is 1.70. The first-order valence-corrected chi connectivity index (χ1v) is 25.0. The maximum absolute atomic E-state index is 13.7. The summed E-state index contributed by atoms with van der Waals surface area (Å²) < 4.78 is 15.2. The number of hydrogen-bond acceptors (Lipinski definition) is 20. The third-order valence-electron chi connectivity index (χ3n) is 12.1. The number of unbranched alkanes of at least 4 members (excludes halogenated alkanes) is 1. The van der Waals surface area contributed by atoms with Crippen LogP contribution in [0.15, 0.2) is 34.5 Å². The Kier molecular flexibility index (Phi) is 27.3. The van der Waals surface area contributed by atoms with Gasteiger partial charge >= 0.3 is 5.97 Å². The fourth-order valence-corrected chi connectivity index (χ4v) is 9.32. The number of carbonyl (C=O) groups is 7. The van der Waals surface area contributed by atoms with Crippen molar-refractivity contribution >= 4 is 66.7 Å². The Morgan fingerprint density at radius 1 is 0.786 bits per heavy atom. The summed E-state index contributed by atoms with van der Waals surface area (Å²) in [4.78, 5) is 100. The fourth-order valence-electron chi connectivity index (χ4n) is 8.00. The Bertz CT molecular complexity index is 1830. The highest BCUT2D eigenvalue weighted by Gasteiger charge is 2.40. The maximum Gasteiger partial charge on any atom is 0.317 e. The monoisotopic (exact) mass is 1000 g/mol. The van der Waals surface area contributed by atoms with E-state index in [-0.39, 0.29) is 88.0 Å². The number of piperazine rings is 1. The van der Waals surface area contributed by atoms with E-state index in [9.17, 15) is 38.7 Å². The lowest BCUT2D eigenvalue weighted by Crippen LogP contribution is -2.49. The molecule has 0 aliphatic carbocycles. The van der Waals surface area contributed by atoms with Gasteiger partial charge in [-0.05, 0) is 44.7 Å². The molecule has 2 unspecified atom stereocenters. The van der Waals surface area contributed by atoms with Crippen LogP contribution in [0.25, 0.3) is 0 Å². The first-order chi connectivity index (χ1) is 34.0. The Hall–Kier alpha value is -5.24. The average molecular weight is 1000 g/mol. The molecule has 1 aromatic rings. The first-order valence-electron chi connectivity index (χ1n) is 24.0. The third kappa shape index (κ3) is 22.7. The van der Waals surface area contributed by atoms with Crippen molar-refractivity contribution < 1.29 is 52.9 Å². The first kappa shape index (κ1) is 57.3. The lowest BCUT2D eigenvalue weighted by molar-refractivity contribution is -0.140. The van der Waals surface area contributed by atoms with E-state index < -0.39 is 11.2 Å². The van der Waals surface area contributed by atoms with E-state index >= 15 is 0 Å². The number of imide groups is 1. The Labute approximate surface area is 415 Å². The van der Waals surface area contributed by atoms with Crippen LogP contribution in [0.3, 0.4) is 0 Å². The Morgan fingerprint density at radius 3 is 2.00 bits per heavy atom. The van der Waals surface area contributed by atoms with E-state index in [2.05, 4.69) is 31.3 Å². The van der Waals surface area contributed by atoms with Crippen molar-refractivity contribution in [1.29, 1.82) is 0 Å². The minimum atomic E-state index is -1.000. The number of rotatable bonds is 30. The zero-order valence-electron chi connectivity index (χ0n) is 40.8. The molecule has 2 atom stereocenters. The predicted octanol–water partition coefficient (Wildman–Crippen LogP) is -0.895. The highest BCUT2D eigenvalue weighted by atomic mass is 32.2. The number of aliphatic carboxylic acids is 1. The molecular formula is C46H74N12O11S. The molecule has 0 radical (unpaired) electrons. The molecule has 70 heavy (non-hydrogen) atoms. The maximum atomic E-state index is 13.7. The highest BCUT2D eigenvalue weighted by molar-refractivity contribution is 8.01. The molecule has 3 heterocycles. The standard InChI is InChI=1S/C46H74N12O11S/c1-38-7-9-39(10-8-38)29-49-51-33-50-48-12-11-40(70-41-28-44(63)58(46(41)66)14-5-6-43(62)57-25-23-52(24-26-57)13-3-4-27-67-2)30-47-42(61)31-53-15-16-54(32-45(64)65)18-20-56(35-69-37-60)22-21-55(19-17-53)34-68-36-59/h7-10,12,29,36-37,40-41,50-51H,3-6,11,13-28,30-35H2,1-2H3,(H,47,61)(H,64,65)/b48-12+,49-29+. The topological polar surface area (TPSA) is 251 Å². The van der Waals surface area contributed by atoms with Gasteiger partial charge in [0.2, 0.25) is 23.6 Å². The molecule has 0 spiro atoms. The highest BCUT2D eigenvalue weighted by Crippen LogP contribution is 2.30. The molecule has 3 fully saturated rings. The number of amides is 4. The number of carbonyl (C=O) groups excluding carboxylic acids is 6. The Morgan fingerprint density at radius 2 is 1.39 bits per heavy atom. The van der Waals surface area contributed by atoms with Gasteiger partial charge in [0.25, 0.3) is 12.9 Å². The van der Waals surface area contributed by atoms with Crippen molar-refractivity contribution in [2.45, 2.75) is 55.9 Å². The summed E-state index contributed by atoms with van der Waals surface area (Å²) in [6, 6.07) is 7.92. The average Bonchev–Trinajstić information content (AvgIpc) is 3.61. The second-order valence-corrected chi connectivity index (χ2v) is 18.8. The lowest BCUT2D eigenvalue weighted by Gasteiger charge is -2.35. The van der Waals surface area contributed by atoms with Gasteiger partial charge in [-0.15, -0.1) is 11.8 Å². The fraction of sp³-hybridized carbons (Fsp3) is 0.674. The van der Waals surface area contributed by atoms with Crippen molar-refractivity contribution in [1.82, 2.24) is 50.5 Å². The van der Waals surface area contributed by atoms with Crippen LogP contribution in [0, 0.1) is 6.92 Å². The van der Waals surface area contributed by atoms with Crippen LogP contribution in [0.5, 0.6) is 0 Å². The normalized spacial score (nSPS) is 19.2. The van der Waals surface area contributed by atoms with E-state index in [1.165, 1.54) is 16.7 Å². The van der Waals surface area contributed by atoms with E-state index in [1.807, 2.05) is 50.8 Å². The van der Waals surface area contributed by atoms with Crippen LogP contribution in [0.2, 0.25) is 0 Å². The molecule has 3 aliphatic rings. The zero-order valence-corrected chi connectivity index (χ0v) is 41.6. The number of likely N-dealkylation sites (tertiary alicyclic amines) is 1. The third-order valence-corrected chi connectivity index (χ3v) is 13.5. The number of benzene rings is 1. The lowest BCUT2D eigenvalue weighted by atomic mass is 10.2. The molecule has 3 saturated heterocycles. The molecule has 0 aromatic heterocycles. The van der Waals surface area contributed by atoms with Crippen LogP contribution >= 0.6 is 11.8 Å². The number of hydrazone groups is 2. The zero-order chi connectivity index (χ0) is 50.4. The van der Waals surface area contributed by atoms with Crippen LogP contribution in [-0.2, 0) is 47.8 Å². The Balaban J connectivity index is 1.34. The second-order valence-electron chi connectivity index (χ2n) is 17.3. The number of carboxylic acid groups (broad SMARTS) is 1. The summed E-state index contributed by atoms with van der Waals surface area (Å²) in [5, 5.41) is 20.1. The molecule has 4 amide bonds. The number of thioether (sulfide) groups is 1. The van der Waals surface area contributed by atoms with Crippen LogP contribution in [-0.4, -0.2) is 250 Å². The van der Waals surface area contributed by atoms with Gasteiger partial charge < -0.3 is 29.5 Å². The van der Waals surface area contributed by atoms with E-state index in [1.54, 1.807) is 24.4 Å². The molecule has 3 aliphatic heterocycles. The minimum Gasteiger partial charge on any atom is -0.480 e.